The fraction of sp³-hybridized carbons (Fsp3) is 0.133. The van der Waals surface area contributed by atoms with Crippen LogP contribution in [0.5, 0.6) is 5.75 Å². The maximum Gasteiger partial charge on any atom is 0.262 e. The molecule has 0 saturated heterocycles. The minimum absolute atomic E-state index is 0.0232. The van der Waals surface area contributed by atoms with Crippen molar-refractivity contribution in [3.05, 3.63) is 36.4 Å². The van der Waals surface area contributed by atoms with Gasteiger partial charge in [-0.25, -0.2) is 0 Å². The van der Waals surface area contributed by atoms with Crippen molar-refractivity contribution in [3.63, 3.8) is 0 Å². The molecule has 4 N–H and O–H groups in total. The van der Waals surface area contributed by atoms with Crippen LogP contribution >= 0.6 is 11.8 Å². The predicted octanol–water partition coefficient (Wildman–Crippen LogP) is 3.07. The summed E-state index contributed by atoms with van der Waals surface area (Å²) in [7, 11) is 0. The first-order chi connectivity index (χ1) is 10.2. The molecule has 0 atom stereocenters. The second-order valence-corrected chi connectivity index (χ2v) is 5.51. The number of rotatable bonds is 3. The highest BCUT2D eigenvalue weighted by atomic mass is 32.2. The summed E-state index contributed by atoms with van der Waals surface area (Å²) in [5, 5.41) is 6.02. The molecule has 21 heavy (non-hydrogen) atoms. The Hall–Kier alpha value is -2.34. The van der Waals surface area contributed by atoms with Gasteiger partial charge < -0.3 is 21.1 Å². The van der Waals surface area contributed by atoms with E-state index >= 15 is 0 Å². The summed E-state index contributed by atoms with van der Waals surface area (Å²) in [6.45, 7) is 0.0232. The molecule has 0 aliphatic carbocycles. The van der Waals surface area contributed by atoms with Gasteiger partial charge in [0.25, 0.3) is 5.91 Å². The van der Waals surface area contributed by atoms with E-state index in [1.165, 1.54) is 4.90 Å². The molecule has 2 aromatic carbocycles. The van der Waals surface area contributed by atoms with E-state index in [0.717, 1.165) is 11.4 Å². The third-order valence-corrected chi connectivity index (χ3v) is 3.90. The highest BCUT2D eigenvalue weighted by Gasteiger charge is 2.17. The van der Waals surface area contributed by atoms with Crippen LogP contribution in [0, 0.1) is 0 Å². The number of amides is 1. The summed E-state index contributed by atoms with van der Waals surface area (Å²) in [4.78, 5) is 12.6. The largest absolute Gasteiger partial charge is 0.482 e. The molecule has 0 fully saturated rings. The molecule has 0 aromatic heterocycles. The molecule has 1 aliphatic heterocycles. The van der Waals surface area contributed by atoms with Gasteiger partial charge in [-0.1, -0.05) is 0 Å². The topological polar surface area (TPSA) is 76.4 Å². The number of ether oxygens (including phenoxy) is 1. The molecule has 0 radical (unpaired) electrons. The van der Waals surface area contributed by atoms with Gasteiger partial charge in [0.05, 0.1) is 17.1 Å². The van der Waals surface area contributed by atoms with Crippen LogP contribution in [0.15, 0.2) is 41.3 Å². The molecular weight excluding hydrogens is 286 g/mol. The molecule has 3 rings (SSSR count). The second kappa shape index (κ2) is 5.57. The first-order valence-corrected chi connectivity index (χ1v) is 7.65. The van der Waals surface area contributed by atoms with E-state index in [2.05, 4.69) is 10.6 Å². The number of hydrogen-bond acceptors (Lipinski definition) is 5. The standard InChI is InChI=1S/C15H15N3O2S/c1-21-10-4-2-9(3-5-10)17-12-7-13-14(6-11(12)16)20-8-15(19)18-13/h2-7,17H,8,16H2,1H3,(H,18,19). The third kappa shape index (κ3) is 2.90. The molecule has 108 valence electrons. The predicted molar refractivity (Wildman–Crippen MR) is 86.5 cm³/mol. The van der Waals surface area contributed by atoms with Gasteiger partial charge in [0.1, 0.15) is 5.75 Å². The Kier molecular flexibility index (Phi) is 3.62. The number of nitrogens with two attached hydrogens (primary N) is 1. The summed E-state index contributed by atoms with van der Waals surface area (Å²) in [5.41, 5.74) is 8.89. The van der Waals surface area contributed by atoms with Gasteiger partial charge in [-0.3, -0.25) is 4.79 Å². The van der Waals surface area contributed by atoms with Crippen molar-refractivity contribution in [3.8, 4) is 5.75 Å². The molecular formula is C15H15N3O2S. The molecule has 1 amide bonds. The van der Waals surface area contributed by atoms with Gasteiger partial charge in [-0.05, 0) is 36.6 Å². The normalized spacial score (nSPS) is 13.1. The summed E-state index contributed by atoms with van der Waals surface area (Å²) >= 11 is 1.69. The van der Waals surface area contributed by atoms with Gasteiger partial charge >= 0.3 is 0 Å². The molecule has 0 saturated carbocycles. The first-order valence-electron chi connectivity index (χ1n) is 6.43. The lowest BCUT2D eigenvalue weighted by molar-refractivity contribution is -0.118. The van der Waals surface area contributed by atoms with Crippen molar-refractivity contribution in [1.29, 1.82) is 0 Å². The molecule has 0 spiro atoms. The van der Waals surface area contributed by atoms with Crippen LogP contribution in [0.4, 0.5) is 22.7 Å². The van der Waals surface area contributed by atoms with Crippen LogP contribution in [0.2, 0.25) is 0 Å². The van der Waals surface area contributed by atoms with Gasteiger partial charge in [0.15, 0.2) is 6.61 Å². The quantitative estimate of drug-likeness (QED) is 0.600. The zero-order valence-electron chi connectivity index (χ0n) is 11.5. The molecule has 1 heterocycles. The number of thioether (sulfide) groups is 1. The Morgan fingerprint density at radius 3 is 2.76 bits per heavy atom. The summed E-state index contributed by atoms with van der Waals surface area (Å²) < 4.78 is 5.33. The number of fused-ring (bicyclic) bond motifs is 1. The van der Waals surface area contributed by atoms with Crippen molar-refractivity contribution in [1.82, 2.24) is 0 Å². The number of carbonyl (C=O) groups excluding carboxylic acids is 1. The molecule has 0 unspecified atom stereocenters. The fourth-order valence-corrected chi connectivity index (χ4v) is 2.49. The van der Waals surface area contributed by atoms with Crippen molar-refractivity contribution >= 4 is 40.4 Å². The maximum absolute atomic E-state index is 11.4. The summed E-state index contributed by atoms with van der Waals surface area (Å²) in [6, 6.07) is 11.5. The Labute approximate surface area is 126 Å². The van der Waals surface area contributed by atoms with E-state index in [-0.39, 0.29) is 12.5 Å². The Bertz CT molecular complexity index is 686. The second-order valence-electron chi connectivity index (χ2n) is 4.63. The van der Waals surface area contributed by atoms with Gasteiger partial charge in [-0.2, -0.15) is 0 Å². The Morgan fingerprint density at radius 1 is 1.29 bits per heavy atom. The number of benzene rings is 2. The lowest BCUT2D eigenvalue weighted by atomic mass is 10.2. The summed E-state index contributed by atoms with van der Waals surface area (Å²) in [5.74, 6) is 0.429. The Balaban J connectivity index is 1.87. The van der Waals surface area contributed by atoms with Gasteiger partial charge in [0, 0.05) is 16.6 Å². The number of carbonyl (C=O) groups is 1. The van der Waals surface area contributed by atoms with Crippen LogP contribution in [-0.2, 0) is 4.79 Å². The summed E-state index contributed by atoms with van der Waals surface area (Å²) in [6.07, 6.45) is 2.03. The van der Waals surface area contributed by atoms with Crippen molar-refractivity contribution in [2.75, 3.05) is 29.2 Å². The van der Waals surface area contributed by atoms with Crippen molar-refractivity contribution in [2.45, 2.75) is 4.90 Å². The van der Waals surface area contributed by atoms with Crippen LogP contribution in [0.25, 0.3) is 0 Å². The lowest BCUT2D eigenvalue weighted by Gasteiger charge is -2.20. The van der Waals surface area contributed by atoms with Crippen molar-refractivity contribution < 1.29 is 9.53 Å². The Morgan fingerprint density at radius 2 is 2.05 bits per heavy atom. The van der Waals surface area contributed by atoms with Gasteiger partial charge in [-0.15, -0.1) is 11.8 Å². The van der Waals surface area contributed by atoms with Crippen molar-refractivity contribution in [2.24, 2.45) is 0 Å². The zero-order valence-corrected chi connectivity index (χ0v) is 12.3. The maximum atomic E-state index is 11.4. The van der Waals surface area contributed by atoms with Crippen LogP contribution < -0.4 is 21.1 Å². The monoisotopic (exact) mass is 301 g/mol. The van der Waals surface area contributed by atoms with Crippen LogP contribution in [0.1, 0.15) is 0 Å². The number of anilines is 4. The average molecular weight is 301 g/mol. The SMILES string of the molecule is CSc1ccc(Nc2cc3c(cc2N)OCC(=O)N3)cc1. The number of hydrogen-bond donors (Lipinski definition) is 3. The van der Waals surface area contributed by atoms with Gasteiger partial charge in [0.2, 0.25) is 0 Å². The minimum atomic E-state index is -0.164. The molecule has 0 bridgehead atoms. The fourth-order valence-electron chi connectivity index (χ4n) is 2.08. The van der Waals surface area contributed by atoms with E-state index in [4.69, 9.17) is 10.5 Å². The van der Waals surface area contributed by atoms with E-state index < -0.39 is 0 Å². The van der Waals surface area contributed by atoms with E-state index in [1.807, 2.05) is 30.5 Å². The molecule has 5 nitrogen and oxygen atoms in total. The lowest BCUT2D eigenvalue weighted by Crippen LogP contribution is -2.25. The van der Waals surface area contributed by atoms with Crippen LogP contribution in [0.3, 0.4) is 0 Å². The highest BCUT2D eigenvalue weighted by Crippen LogP contribution is 2.36. The molecule has 2 aromatic rings. The third-order valence-electron chi connectivity index (χ3n) is 3.15. The average Bonchev–Trinajstić information content (AvgIpc) is 2.49. The zero-order chi connectivity index (χ0) is 14.8. The highest BCUT2D eigenvalue weighted by molar-refractivity contribution is 7.98. The first kappa shape index (κ1) is 13.6. The minimum Gasteiger partial charge on any atom is -0.482 e. The molecule has 1 aliphatic rings. The van der Waals surface area contributed by atoms with E-state index in [1.54, 1.807) is 23.9 Å². The van der Waals surface area contributed by atoms with E-state index in [9.17, 15) is 4.79 Å². The van der Waals surface area contributed by atoms with Crippen LogP contribution in [-0.4, -0.2) is 18.8 Å². The number of nitrogen functional groups attached to an aromatic ring is 1. The van der Waals surface area contributed by atoms with E-state index in [0.29, 0.717) is 17.1 Å². The molecule has 6 heteroatoms. The smallest absolute Gasteiger partial charge is 0.262 e. The number of nitrogens with one attached hydrogen (secondary N) is 2.